The van der Waals surface area contributed by atoms with Crippen LogP contribution in [-0.4, -0.2) is 26.3 Å². The van der Waals surface area contributed by atoms with Crippen LogP contribution in [0.15, 0.2) is 63.1 Å². The minimum absolute atomic E-state index is 0.600. The maximum atomic E-state index is 5.47. The zero-order chi connectivity index (χ0) is 18.8. The number of thiophene rings is 1. The predicted octanol–water partition coefficient (Wildman–Crippen LogP) is 6.07. The minimum Gasteiger partial charge on any atom is -0.493 e. The van der Waals surface area contributed by atoms with E-state index in [4.69, 9.17) is 14.2 Å². The molecule has 0 spiro atoms. The molecule has 2 aromatic heterocycles. The molecule has 0 fully saturated rings. The summed E-state index contributed by atoms with van der Waals surface area (Å²) < 4.78 is 16.3. The fraction of sp³-hybridized carbons (Fsp3) is 0.143. The Labute approximate surface area is 166 Å². The third-order valence-corrected chi connectivity index (χ3v) is 6.09. The van der Waals surface area contributed by atoms with Crippen LogP contribution in [0.5, 0.6) is 17.2 Å². The van der Waals surface area contributed by atoms with Crippen LogP contribution in [0.3, 0.4) is 0 Å². The summed E-state index contributed by atoms with van der Waals surface area (Å²) in [6.45, 7) is 0. The van der Waals surface area contributed by atoms with Gasteiger partial charge in [0.1, 0.15) is 0 Å². The van der Waals surface area contributed by atoms with E-state index in [9.17, 15) is 0 Å². The van der Waals surface area contributed by atoms with E-state index < -0.39 is 0 Å². The van der Waals surface area contributed by atoms with Gasteiger partial charge >= 0.3 is 0 Å². The van der Waals surface area contributed by atoms with Gasteiger partial charge in [0.05, 0.1) is 26.8 Å². The summed E-state index contributed by atoms with van der Waals surface area (Å²) in [4.78, 5) is 5.61. The third kappa shape index (κ3) is 3.26. The molecule has 0 saturated carbocycles. The van der Waals surface area contributed by atoms with Crippen molar-refractivity contribution in [3.8, 4) is 28.4 Å². The number of nitrogens with one attached hydrogen (secondary N) is 1. The number of benzene rings is 2. The van der Waals surface area contributed by atoms with Gasteiger partial charge in [-0.3, -0.25) is 0 Å². The smallest absolute Gasteiger partial charge is 0.203 e. The second kappa shape index (κ2) is 7.58. The highest BCUT2D eigenvalue weighted by Crippen LogP contribution is 2.44. The molecule has 0 aliphatic rings. The molecule has 1 N–H and O–H groups in total. The fourth-order valence-corrected chi connectivity index (χ4v) is 4.75. The van der Waals surface area contributed by atoms with Gasteiger partial charge in [-0.05, 0) is 34.5 Å². The molecule has 0 aliphatic heterocycles. The summed E-state index contributed by atoms with van der Waals surface area (Å²) in [5.74, 6) is 1.90. The van der Waals surface area contributed by atoms with Crippen molar-refractivity contribution in [1.82, 2.24) is 4.98 Å². The third-order valence-electron chi connectivity index (χ3n) is 4.38. The van der Waals surface area contributed by atoms with Crippen molar-refractivity contribution in [2.75, 3.05) is 21.3 Å². The second-order valence-corrected chi connectivity index (χ2v) is 7.75. The van der Waals surface area contributed by atoms with Gasteiger partial charge in [-0.1, -0.05) is 30.0 Å². The standard InChI is InChI=1S/C21H19NO3S2/c1-23-17-9-14(10-18(24-2)21(17)25-3)27-19-11-22-20-15(5-4-6-16(19)20)13-7-8-26-12-13/h4-12,22H,1-3H3. The monoisotopic (exact) mass is 397 g/mol. The number of ether oxygens (including phenoxy) is 3. The summed E-state index contributed by atoms with van der Waals surface area (Å²) in [5, 5.41) is 5.46. The molecule has 0 amide bonds. The number of aromatic amines is 1. The van der Waals surface area contributed by atoms with Gasteiger partial charge in [0.2, 0.25) is 5.75 Å². The Morgan fingerprint density at radius 2 is 1.74 bits per heavy atom. The molecule has 0 aliphatic carbocycles. The predicted molar refractivity (Wildman–Crippen MR) is 112 cm³/mol. The van der Waals surface area contributed by atoms with Crippen molar-refractivity contribution in [1.29, 1.82) is 0 Å². The lowest BCUT2D eigenvalue weighted by Gasteiger charge is -2.13. The minimum atomic E-state index is 0.600. The van der Waals surface area contributed by atoms with E-state index in [0.717, 1.165) is 15.3 Å². The maximum Gasteiger partial charge on any atom is 0.203 e. The van der Waals surface area contributed by atoms with Crippen LogP contribution in [0.1, 0.15) is 0 Å². The molecule has 27 heavy (non-hydrogen) atoms. The lowest BCUT2D eigenvalue weighted by molar-refractivity contribution is 0.323. The van der Waals surface area contributed by atoms with E-state index in [-0.39, 0.29) is 0 Å². The van der Waals surface area contributed by atoms with Crippen LogP contribution >= 0.6 is 23.1 Å². The van der Waals surface area contributed by atoms with Gasteiger partial charge in [0.15, 0.2) is 11.5 Å². The molecule has 2 heterocycles. The van der Waals surface area contributed by atoms with Crippen LogP contribution in [0.4, 0.5) is 0 Å². The topological polar surface area (TPSA) is 43.5 Å². The molecule has 0 unspecified atom stereocenters. The Hall–Kier alpha value is -2.57. The number of aromatic nitrogens is 1. The van der Waals surface area contributed by atoms with E-state index in [1.807, 2.05) is 18.3 Å². The molecular formula is C21H19NO3S2. The van der Waals surface area contributed by atoms with Crippen LogP contribution in [0.2, 0.25) is 0 Å². The Balaban J connectivity index is 1.76. The lowest BCUT2D eigenvalue weighted by atomic mass is 10.1. The highest BCUT2D eigenvalue weighted by molar-refractivity contribution is 7.99. The van der Waals surface area contributed by atoms with Crippen molar-refractivity contribution in [3.63, 3.8) is 0 Å². The molecule has 4 rings (SSSR count). The molecule has 0 bridgehead atoms. The summed E-state index contributed by atoms with van der Waals surface area (Å²) in [6, 6.07) is 12.5. The first-order valence-electron chi connectivity index (χ1n) is 8.35. The van der Waals surface area contributed by atoms with E-state index >= 15 is 0 Å². The zero-order valence-corrected chi connectivity index (χ0v) is 16.9. The molecular weight excluding hydrogens is 378 g/mol. The first kappa shape index (κ1) is 17.8. The molecule has 138 valence electrons. The fourth-order valence-electron chi connectivity index (χ4n) is 3.11. The van der Waals surface area contributed by atoms with Crippen molar-refractivity contribution in [3.05, 3.63) is 53.4 Å². The van der Waals surface area contributed by atoms with Crippen LogP contribution < -0.4 is 14.2 Å². The van der Waals surface area contributed by atoms with Gasteiger partial charge in [-0.2, -0.15) is 11.3 Å². The Morgan fingerprint density at radius 1 is 0.963 bits per heavy atom. The number of rotatable bonds is 6. The SMILES string of the molecule is COc1cc(Sc2c[nH]c3c(-c4ccsc4)cccc23)cc(OC)c1OC. The van der Waals surface area contributed by atoms with Crippen molar-refractivity contribution in [2.24, 2.45) is 0 Å². The van der Waals surface area contributed by atoms with E-state index in [0.29, 0.717) is 17.2 Å². The highest BCUT2D eigenvalue weighted by Gasteiger charge is 2.16. The Kier molecular flexibility index (Phi) is 5.01. The molecule has 4 aromatic rings. The largest absolute Gasteiger partial charge is 0.493 e. The number of para-hydroxylation sites is 1. The number of H-pyrrole nitrogens is 1. The summed E-state index contributed by atoms with van der Waals surface area (Å²) in [6.07, 6.45) is 2.05. The van der Waals surface area contributed by atoms with Gasteiger partial charge in [0, 0.05) is 26.9 Å². The van der Waals surface area contributed by atoms with Crippen molar-refractivity contribution >= 4 is 34.0 Å². The van der Waals surface area contributed by atoms with Crippen LogP contribution in [0.25, 0.3) is 22.0 Å². The number of hydrogen-bond acceptors (Lipinski definition) is 5. The molecule has 0 saturated heterocycles. The molecule has 6 heteroatoms. The van der Waals surface area contributed by atoms with E-state index in [1.54, 1.807) is 44.4 Å². The maximum absolute atomic E-state index is 5.47. The highest BCUT2D eigenvalue weighted by atomic mass is 32.2. The Bertz CT molecular complexity index is 1050. The Morgan fingerprint density at radius 3 is 2.37 bits per heavy atom. The van der Waals surface area contributed by atoms with Gasteiger partial charge in [-0.15, -0.1) is 0 Å². The summed E-state index contributed by atoms with van der Waals surface area (Å²) in [7, 11) is 4.87. The van der Waals surface area contributed by atoms with Gasteiger partial charge < -0.3 is 19.2 Å². The lowest BCUT2D eigenvalue weighted by Crippen LogP contribution is -1.95. The van der Waals surface area contributed by atoms with Gasteiger partial charge in [0.25, 0.3) is 0 Å². The van der Waals surface area contributed by atoms with Crippen LogP contribution in [0, 0.1) is 0 Å². The van der Waals surface area contributed by atoms with E-state index in [1.165, 1.54) is 16.5 Å². The van der Waals surface area contributed by atoms with Crippen molar-refractivity contribution < 1.29 is 14.2 Å². The summed E-state index contributed by atoms with van der Waals surface area (Å²) in [5.41, 5.74) is 3.59. The number of hydrogen-bond donors (Lipinski definition) is 1. The molecule has 0 atom stereocenters. The number of methoxy groups -OCH3 is 3. The quantitative estimate of drug-likeness (QED) is 0.429. The normalized spacial score (nSPS) is 10.9. The van der Waals surface area contributed by atoms with Gasteiger partial charge in [-0.25, -0.2) is 0 Å². The molecule has 4 nitrogen and oxygen atoms in total. The number of fused-ring (bicyclic) bond motifs is 1. The average Bonchev–Trinajstić information content (AvgIpc) is 3.37. The van der Waals surface area contributed by atoms with Crippen LogP contribution in [-0.2, 0) is 0 Å². The molecule has 0 radical (unpaired) electrons. The average molecular weight is 398 g/mol. The summed E-state index contributed by atoms with van der Waals surface area (Å²) >= 11 is 3.37. The van der Waals surface area contributed by atoms with Crippen molar-refractivity contribution in [2.45, 2.75) is 9.79 Å². The molecule has 2 aromatic carbocycles. The zero-order valence-electron chi connectivity index (χ0n) is 15.2. The first-order chi connectivity index (χ1) is 13.2. The second-order valence-electron chi connectivity index (χ2n) is 5.86. The first-order valence-corrected chi connectivity index (χ1v) is 10.1. The van der Waals surface area contributed by atoms with E-state index in [2.05, 4.69) is 40.0 Å².